The molecule has 0 bridgehead atoms. The maximum Gasteiger partial charge on any atom is 0.274 e. The fourth-order valence-corrected chi connectivity index (χ4v) is 2.75. The van der Waals surface area contributed by atoms with Gasteiger partial charge in [-0.1, -0.05) is 18.2 Å². The molecule has 0 aliphatic rings. The van der Waals surface area contributed by atoms with Gasteiger partial charge in [-0.25, -0.2) is 9.07 Å². The van der Waals surface area contributed by atoms with Crippen molar-refractivity contribution in [3.8, 4) is 11.3 Å². The molecule has 3 nitrogen and oxygen atoms in total. The second-order valence-electron chi connectivity index (χ2n) is 5.33. The molecule has 0 fully saturated rings. The first kappa shape index (κ1) is 15.7. The summed E-state index contributed by atoms with van der Waals surface area (Å²) in [5.41, 5.74) is 1.36. The predicted molar refractivity (Wildman–Crippen MR) is 91.4 cm³/mol. The summed E-state index contributed by atoms with van der Waals surface area (Å²) in [4.78, 5) is 12.6. The molecule has 0 atom stereocenters. The third-order valence-corrected chi connectivity index (χ3v) is 4.01. The standard InChI is InChI=1S/C18H16ClFN2O/c19-11-3-4-12-22-18(23)16-6-2-1-5-15(16)17(21-22)13-7-9-14(20)10-8-13/h1-2,5-10H,3-4,11-12H2. The zero-order chi connectivity index (χ0) is 16.2. The van der Waals surface area contributed by atoms with Crippen LogP contribution in [0.1, 0.15) is 12.8 Å². The second kappa shape index (κ2) is 6.92. The van der Waals surface area contributed by atoms with Crippen LogP contribution in [0, 0.1) is 5.82 Å². The molecule has 3 rings (SSSR count). The molecule has 2 aromatic carbocycles. The molecule has 1 heterocycles. The van der Waals surface area contributed by atoms with Crippen molar-refractivity contribution in [1.82, 2.24) is 9.78 Å². The van der Waals surface area contributed by atoms with E-state index in [0.29, 0.717) is 23.5 Å². The topological polar surface area (TPSA) is 34.9 Å². The van der Waals surface area contributed by atoms with Crippen LogP contribution < -0.4 is 5.56 Å². The molecule has 0 saturated carbocycles. The van der Waals surface area contributed by atoms with Gasteiger partial charge < -0.3 is 0 Å². The summed E-state index contributed by atoms with van der Waals surface area (Å²) in [6.45, 7) is 0.518. The van der Waals surface area contributed by atoms with Crippen molar-refractivity contribution < 1.29 is 4.39 Å². The SMILES string of the molecule is O=c1c2ccccc2c(-c2ccc(F)cc2)nn1CCCCCl. The van der Waals surface area contributed by atoms with Crippen LogP contribution in [0.15, 0.2) is 53.3 Å². The minimum Gasteiger partial charge on any atom is -0.267 e. The van der Waals surface area contributed by atoms with Gasteiger partial charge in [-0.15, -0.1) is 11.6 Å². The number of aryl methyl sites for hydroxylation is 1. The first-order valence-corrected chi connectivity index (χ1v) is 8.06. The summed E-state index contributed by atoms with van der Waals surface area (Å²) >= 11 is 5.70. The molecule has 3 aromatic rings. The number of fused-ring (bicyclic) bond motifs is 1. The summed E-state index contributed by atoms with van der Waals surface area (Å²) in [6.07, 6.45) is 1.62. The highest BCUT2D eigenvalue weighted by atomic mass is 35.5. The number of nitrogens with zero attached hydrogens (tertiary/aromatic N) is 2. The van der Waals surface area contributed by atoms with Crippen LogP contribution in [0.25, 0.3) is 22.0 Å². The fourth-order valence-electron chi connectivity index (χ4n) is 2.56. The third-order valence-electron chi connectivity index (χ3n) is 3.74. The van der Waals surface area contributed by atoms with Gasteiger partial charge >= 0.3 is 0 Å². The number of hydrogen-bond donors (Lipinski definition) is 0. The lowest BCUT2D eigenvalue weighted by molar-refractivity contribution is 0.551. The van der Waals surface area contributed by atoms with Crippen LogP contribution in [0.4, 0.5) is 4.39 Å². The highest BCUT2D eigenvalue weighted by Crippen LogP contribution is 2.24. The smallest absolute Gasteiger partial charge is 0.267 e. The number of rotatable bonds is 5. The van der Waals surface area contributed by atoms with Gasteiger partial charge in [0.05, 0.1) is 11.1 Å². The normalized spacial score (nSPS) is 11.0. The largest absolute Gasteiger partial charge is 0.274 e. The van der Waals surface area contributed by atoms with Gasteiger partial charge in [0, 0.05) is 23.4 Å². The molecule has 0 amide bonds. The molecule has 1 aromatic heterocycles. The Morgan fingerprint density at radius 2 is 1.70 bits per heavy atom. The minimum atomic E-state index is -0.298. The van der Waals surface area contributed by atoms with Gasteiger partial charge in [0.1, 0.15) is 5.82 Å². The summed E-state index contributed by atoms with van der Waals surface area (Å²) < 4.78 is 14.7. The highest BCUT2D eigenvalue weighted by Gasteiger charge is 2.11. The summed E-state index contributed by atoms with van der Waals surface area (Å²) in [5.74, 6) is 0.265. The summed E-state index contributed by atoms with van der Waals surface area (Å²) in [7, 11) is 0. The van der Waals surface area contributed by atoms with E-state index in [0.717, 1.165) is 23.8 Å². The highest BCUT2D eigenvalue weighted by molar-refractivity contribution is 6.17. The van der Waals surface area contributed by atoms with Gasteiger partial charge in [0.2, 0.25) is 0 Å². The summed E-state index contributed by atoms with van der Waals surface area (Å²) in [5, 5.41) is 5.90. The van der Waals surface area contributed by atoms with Crippen LogP contribution in [-0.2, 0) is 6.54 Å². The van der Waals surface area contributed by atoms with E-state index in [1.807, 2.05) is 18.2 Å². The minimum absolute atomic E-state index is 0.110. The zero-order valence-corrected chi connectivity index (χ0v) is 13.3. The maximum atomic E-state index is 13.2. The molecule has 0 aliphatic heterocycles. The van der Waals surface area contributed by atoms with Crippen LogP contribution >= 0.6 is 11.6 Å². The van der Waals surface area contributed by atoms with Gasteiger partial charge in [-0.05, 0) is 43.2 Å². The molecule has 0 aliphatic carbocycles. The first-order valence-electron chi connectivity index (χ1n) is 7.52. The molecule has 23 heavy (non-hydrogen) atoms. The molecule has 0 spiro atoms. The lowest BCUT2D eigenvalue weighted by Crippen LogP contribution is -2.24. The Morgan fingerprint density at radius 1 is 1.00 bits per heavy atom. The summed E-state index contributed by atoms with van der Waals surface area (Å²) in [6, 6.07) is 13.5. The fraction of sp³-hybridized carbons (Fsp3) is 0.222. The van der Waals surface area contributed by atoms with E-state index in [1.54, 1.807) is 18.2 Å². The molecular weight excluding hydrogens is 315 g/mol. The van der Waals surface area contributed by atoms with E-state index in [1.165, 1.54) is 16.8 Å². The molecular formula is C18H16ClFN2O. The van der Waals surface area contributed by atoms with E-state index in [9.17, 15) is 9.18 Å². The predicted octanol–water partition coefficient (Wildman–Crippen LogP) is 4.22. The van der Waals surface area contributed by atoms with Crippen molar-refractivity contribution >= 4 is 22.4 Å². The van der Waals surface area contributed by atoms with Crippen molar-refractivity contribution in [2.45, 2.75) is 19.4 Å². The Morgan fingerprint density at radius 3 is 2.39 bits per heavy atom. The Kier molecular flexibility index (Phi) is 4.72. The van der Waals surface area contributed by atoms with Gasteiger partial charge in [-0.2, -0.15) is 5.10 Å². The van der Waals surface area contributed by atoms with Gasteiger partial charge in [0.25, 0.3) is 5.56 Å². The van der Waals surface area contributed by atoms with E-state index in [4.69, 9.17) is 11.6 Å². The van der Waals surface area contributed by atoms with Crippen LogP contribution in [0.5, 0.6) is 0 Å². The Balaban J connectivity index is 2.17. The van der Waals surface area contributed by atoms with Crippen LogP contribution in [-0.4, -0.2) is 15.7 Å². The average molecular weight is 331 g/mol. The van der Waals surface area contributed by atoms with Crippen molar-refractivity contribution in [2.75, 3.05) is 5.88 Å². The number of benzene rings is 2. The number of alkyl halides is 1. The molecule has 5 heteroatoms. The van der Waals surface area contributed by atoms with E-state index >= 15 is 0 Å². The van der Waals surface area contributed by atoms with E-state index < -0.39 is 0 Å². The lowest BCUT2D eigenvalue weighted by atomic mass is 10.1. The van der Waals surface area contributed by atoms with E-state index in [-0.39, 0.29) is 11.4 Å². The number of hydrogen-bond acceptors (Lipinski definition) is 2. The molecule has 0 saturated heterocycles. The van der Waals surface area contributed by atoms with E-state index in [2.05, 4.69) is 5.10 Å². The number of aromatic nitrogens is 2. The van der Waals surface area contributed by atoms with Crippen molar-refractivity contribution in [3.05, 3.63) is 64.7 Å². The number of halogens is 2. The Labute approximate surface area is 138 Å². The average Bonchev–Trinajstić information content (AvgIpc) is 2.58. The number of unbranched alkanes of at least 4 members (excludes halogenated alkanes) is 1. The van der Waals surface area contributed by atoms with Crippen molar-refractivity contribution in [3.63, 3.8) is 0 Å². The zero-order valence-electron chi connectivity index (χ0n) is 12.5. The first-order chi connectivity index (χ1) is 11.2. The van der Waals surface area contributed by atoms with Gasteiger partial charge in [0.15, 0.2) is 0 Å². The lowest BCUT2D eigenvalue weighted by Gasteiger charge is -2.11. The monoisotopic (exact) mass is 330 g/mol. The Hall–Kier alpha value is -2.20. The Bertz CT molecular complexity index is 874. The third kappa shape index (κ3) is 3.27. The van der Waals surface area contributed by atoms with Crippen LogP contribution in [0.2, 0.25) is 0 Å². The molecule has 118 valence electrons. The maximum absolute atomic E-state index is 13.2. The second-order valence-corrected chi connectivity index (χ2v) is 5.70. The van der Waals surface area contributed by atoms with Crippen LogP contribution in [0.3, 0.4) is 0 Å². The quantitative estimate of drug-likeness (QED) is 0.518. The molecule has 0 unspecified atom stereocenters. The van der Waals surface area contributed by atoms with Gasteiger partial charge in [-0.3, -0.25) is 4.79 Å². The van der Waals surface area contributed by atoms with Crippen molar-refractivity contribution in [1.29, 1.82) is 0 Å². The molecule has 0 N–H and O–H groups in total. The van der Waals surface area contributed by atoms with Crippen molar-refractivity contribution in [2.24, 2.45) is 0 Å². The molecule has 0 radical (unpaired) electrons.